The number of nitrogens with one attached hydrogen (secondary N) is 1. The van der Waals surface area contributed by atoms with Crippen LogP contribution in [0, 0.1) is 17.8 Å². The highest BCUT2D eigenvalue weighted by Gasteiger charge is 2.52. The van der Waals surface area contributed by atoms with E-state index in [0.717, 1.165) is 30.8 Å². The lowest BCUT2D eigenvalue weighted by Gasteiger charge is -2.32. The molecular formula is C20H34N6. The molecule has 5 rings (SSSR count). The summed E-state index contributed by atoms with van der Waals surface area (Å²) in [7, 11) is 0. The Hall–Kier alpha value is -0.980. The van der Waals surface area contributed by atoms with Gasteiger partial charge in [0.05, 0.1) is 6.54 Å². The predicted molar refractivity (Wildman–Crippen MR) is 102 cm³/mol. The van der Waals surface area contributed by atoms with Crippen molar-refractivity contribution in [2.75, 3.05) is 45.8 Å². The Morgan fingerprint density at radius 3 is 2.38 bits per heavy atom. The third kappa shape index (κ3) is 3.20. The fraction of sp³-hybridized carbons (Fsp3) is 0.900. The monoisotopic (exact) mass is 358 g/mol. The zero-order valence-corrected chi connectivity index (χ0v) is 16.2. The third-order valence-corrected chi connectivity index (χ3v) is 7.43. The number of hydrogen-bond donors (Lipinski definition) is 1. The van der Waals surface area contributed by atoms with Crippen molar-refractivity contribution in [3.8, 4) is 0 Å². The summed E-state index contributed by atoms with van der Waals surface area (Å²) in [6.45, 7) is 13.0. The van der Waals surface area contributed by atoms with Crippen LogP contribution >= 0.6 is 0 Å². The Kier molecular flexibility index (Phi) is 4.75. The van der Waals surface area contributed by atoms with Gasteiger partial charge in [-0.05, 0) is 89.6 Å². The van der Waals surface area contributed by atoms with Crippen molar-refractivity contribution in [3.05, 3.63) is 11.6 Å². The largest absolute Gasteiger partial charge is 0.316 e. The molecule has 4 aliphatic rings. The molecule has 1 saturated carbocycles. The quantitative estimate of drug-likeness (QED) is 0.836. The van der Waals surface area contributed by atoms with Crippen molar-refractivity contribution >= 4 is 0 Å². The Morgan fingerprint density at radius 2 is 1.69 bits per heavy atom. The molecule has 0 radical (unpaired) electrons. The van der Waals surface area contributed by atoms with Crippen LogP contribution in [0.3, 0.4) is 0 Å². The summed E-state index contributed by atoms with van der Waals surface area (Å²) >= 11 is 0. The van der Waals surface area contributed by atoms with E-state index in [9.17, 15) is 0 Å². The van der Waals surface area contributed by atoms with E-state index in [4.69, 9.17) is 0 Å². The lowest BCUT2D eigenvalue weighted by Crippen LogP contribution is -2.36. The second-order valence-corrected chi connectivity index (χ2v) is 8.93. The van der Waals surface area contributed by atoms with Crippen LogP contribution in [-0.2, 0) is 13.1 Å². The molecule has 1 aliphatic carbocycles. The molecule has 26 heavy (non-hydrogen) atoms. The van der Waals surface area contributed by atoms with Gasteiger partial charge in [0.15, 0.2) is 0 Å². The van der Waals surface area contributed by atoms with Crippen molar-refractivity contribution in [1.29, 1.82) is 0 Å². The zero-order valence-electron chi connectivity index (χ0n) is 16.2. The summed E-state index contributed by atoms with van der Waals surface area (Å²) in [5.41, 5.74) is 0. The first-order chi connectivity index (χ1) is 12.8. The molecule has 144 valence electrons. The average Bonchev–Trinajstić information content (AvgIpc) is 3.18. The fourth-order valence-corrected chi connectivity index (χ4v) is 5.74. The lowest BCUT2D eigenvalue weighted by molar-refractivity contribution is 0.193. The van der Waals surface area contributed by atoms with Gasteiger partial charge in [-0.25, -0.2) is 0 Å². The summed E-state index contributed by atoms with van der Waals surface area (Å²) in [6.07, 6.45) is 5.18. The number of fused-ring (bicyclic) bond motifs is 1. The highest BCUT2D eigenvalue weighted by molar-refractivity contribution is 5.07. The van der Waals surface area contributed by atoms with Crippen LogP contribution in [0.15, 0.2) is 0 Å². The maximum atomic E-state index is 4.66. The molecule has 1 aromatic rings. The second-order valence-electron chi connectivity index (χ2n) is 8.93. The normalized spacial score (nSPS) is 33.0. The molecule has 4 heterocycles. The Labute approximate surface area is 157 Å². The first-order valence-electron chi connectivity index (χ1n) is 10.9. The van der Waals surface area contributed by atoms with E-state index in [1.165, 1.54) is 83.1 Å². The zero-order chi connectivity index (χ0) is 17.5. The molecule has 6 nitrogen and oxygen atoms in total. The first kappa shape index (κ1) is 17.1. The van der Waals surface area contributed by atoms with Gasteiger partial charge >= 0.3 is 0 Å². The maximum absolute atomic E-state index is 4.66. The van der Waals surface area contributed by atoms with Crippen LogP contribution in [0.1, 0.15) is 50.2 Å². The predicted octanol–water partition coefficient (Wildman–Crippen LogP) is 1.54. The molecule has 1 aromatic heterocycles. The number of hydrogen-bond acceptors (Lipinski definition) is 5. The van der Waals surface area contributed by atoms with Gasteiger partial charge in [0.25, 0.3) is 0 Å². The van der Waals surface area contributed by atoms with Gasteiger partial charge in [-0.3, -0.25) is 4.90 Å². The van der Waals surface area contributed by atoms with Crippen molar-refractivity contribution in [2.45, 2.75) is 51.6 Å². The van der Waals surface area contributed by atoms with Gasteiger partial charge in [0.2, 0.25) is 0 Å². The Morgan fingerprint density at radius 1 is 0.962 bits per heavy atom. The molecule has 3 aliphatic heterocycles. The Bertz CT molecular complexity index is 604. The van der Waals surface area contributed by atoms with Crippen molar-refractivity contribution in [3.63, 3.8) is 0 Å². The van der Waals surface area contributed by atoms with E-state index in [-0.39, 0.29) is 0 Å². The van der Waals surface area contributed by atoms with Crippen molar-refractivity contribution < 1.29 is 0 Å². The molecule has 3 saturated heterocycles. The highest BCUT2D eigenvalue weighted by Crippen LogP contribution is 2.49. The van der Waals surface area contributed by atoms with Gasteiger partial charge in [0.1, 0.15) is 11.6 Å². The molecule has 0 aromatic carbocycles. The Balaban J connectivity index is 1.17. The minimum atomic E-state index is 0.603. The van der Waals surface area contributed by atoms with E-state index in [1.54, 1.807) is 0 Å². The maximum Gasteiger partial charge on any atom is 0.147 e. The average molecular weight is 359 g/mol. The van der Waals surface area contributed by atoms with Gasteiger partial charge in [-0.15, -0.1) is 10.2 Å². The van der Waals surface area contributed by atoms with Gasteiger partial charge < -0.3 is 14.8 Å². The molecule has 0 bridgehead atoms. The van der Waals surface area contributed by atoms with Crippen molar-refractivity contribution in [1.82, 2.24) is 29.9 Å². The number of likely N-dealkylation sites (tertiary alicyclic amines) is 2. The summed E-state index contributed by atoms with van der Waals surface area (Å²) in [6, 6.07) is 0. The van der Waals surface area contributed by atoms with Crippen LogP contribution in [0.2, 0.25) is 0 Å². The van der Waals surface area contributed by atoms with Gasteiger partial charge in [-0.1, -0.05) is 0 Å². The molecule has 4 fully saturated rings. The third-order valence-electron chi connectivity index (χ3n) is 7.43. The fourth-order valence-electron chi connectivity index (χ4n) is 5.74. The number of rotatable bonds is 6. The minimum Gasteiger partial charge on any atom is -0.316 e. The standard InChI is InChI=1S/C20H34N6/c1-2-26-19(14-24-7-3-4-8-24)22-23-20(26)15-5-9-25(10-6-15)13-18-16-11-21-12-17(16)18/h15-18,21H,2-14H2,1H3/t16-,17+,18?. The van der Waals surface area contributed by atoms with Crippen LogP contribution in [0.25, 0.3) is 0 Å². The van der Waals surface area contributed by atoms with Gasteiger partial charge in [0, 0.05) is 19.0 Å². The van der Waals surface area contributed by atoms with E-state index in [1.807, 2.05) is 0 Å². The second kappa shape index (κ2) is 7.21. The highest BCUT2D eigenvalue weighted by atomic mass is 15.3. The lowest BCUT2D eigenvalue weighted by atomic mass is 9.95. The van der Waals surface area contributed by atoms with Crippen molar-refractivity contribution in [2.24, 2.45) is 17.8 Å². The van der Waals surface area contributed by atoms with E-state index in [2.05, 4.69) is 36.8 Å². The summed E-state index contributed by atoms with van der Waals surface area (Å²) in [5, 5.41) is 12.8. The topological polar surface area (TPSA) is 49.2 Å². The van der Waals surface area contributed by atoms with E-state index >= 15 is 0 Å². The van der Waals surface area contributed by atoms with Crippen LogP contribution in [0.4, 0.5) is 0 Å². The molecule has 0 amide bonds. The first-order valence-corrected chi connectivity index (χ1v) is 10.9. The van der Waals surface area contributed by atoms with E-state index in [0.29, 0.717) is 5.92 Å². The number of piperidine rings is 2. The summed E-state index contributed by atoms with van der Waals surface area (Å²) < 4.78 is 2.41. The van der Waals surface area contributed by atoms with Gasteiger partial charge in [-0.2, -0.15) is 0 Å². The molecule has 0 spiro atoms. The molecular weight excluding hydrogens is 324 g/mol. The minimum absolute atomic E-state index is 0.603. The van der Waals surface area contributed by atoms with Crippen LogP contribution < -0.4 is 5.32 Å². The summed E-state index contributed by atoms with van der Waals surface area (Å²) in [5.74, 6) is 6.01. The number of aromatic nitrogens is 3. The SMILES string of the molecule is CCn1c(CN2CCCC2)nnc1C1CCN(CC2[C@H]3CNC[C@@H]23)CC1. The van der Waals surface area contributed by atoms with E-state index < -0.39 is 0 Å². The molecule has 1 N–H and O–H groups in total. The number of nitrogens with zero attached hydrogens (tertiary/aromatic N) is 5. The molecule has 1 unspecified atom stereocenters. The summed E-state index contributed by atoms with van der Waals surface area (Å²) in [4.78, 5) is 5.25. The molecule has 6 heteroatoms. The smallest absolute Gasteiger partial charge is 0.147 e. The molecule has 3 atom stereocenters. The van der Waals surface area contributed by atoms with Crippen LogP contribution in [-0.4, -0.2) is 70.4 Å². The van der Waals surface area contributed by atoms with Crippen LogP contribution in [0.5, 0.6) is 0 Å².